The van der Waals surface area contributed by atoms with Crippen LogP contribution in [0.15, 0.2) is 6.20 Å². The maximum absolute atomic E-state index is 13.0. The summed E-state index contributed by atoms with van der Waals surface area (Å²) in [7, 11) is 0. The maximum atomic E-state index is 13.0. The number of aromatic nitrogens is 2. The van der Waals surface area contributed by atoms with Crippen molar-refractivity contribution in [1.29, 1.82) is 0 Å². The van der Waals surface area contributed by atoms with E-state index in [2.05, 4.69) is 10.4 Å². The zero-order valence-electron chi connectivity index (χ0n) is 15.9. The minimum Gasteiger partial charge on any atom is -0.390 e. The van der Waals surface area contributed by atoms with Crippen LogP contribution < -0.4 is 5.32 Å². The largest absolute Gasteiger partial charge is 0.390 e. The number of carbonyl (C=O) groups is 1. The molecule has 5 atom stereocenters. The lowest BCUT2D eigenvalue weighted by Gasteiger charge is -2.33. The number of fused-ring (bicyclic) bond motifs is 2. The van der Waals surface area contributed by atoms with Gasteiger partial charge in [0, 0.05) is 6.04 Å². The van der Waals surface area contributed by atoms with E-state index in [1.807, 2.05) is 4.68 Å². The second kappa shape index (κ2) is 6.77. The highest BCUT2D eigenvalue weighted by molar-refractivity contribution is 6.32. The van der Waals surface area contributed by atoms with Crippen LogP contribution in [0.4, 0.5) is 0 Å². The molecule has 0 spiro atoms. The first-order chi connectivity index (χ1) is 13.0. The van der Waals surface area contributed by atoms with Crippen molar-refractivity contribution in [1.82, 2.24) is 15.1 Å². The highest BCUT2D eigenvalue weighted by Crippen LogP contribution is 2.55. The average Bonchev–Trinajstić information content (AvgIpc) is 3.11. The Morgan fingerprint density at radius 3 is 2.81 bits per heavy atom. The van der Waals surface area contributed by atoms with Gasteiger partial charge in [0.15, 0.2) is 0 Å². The van der Waals surface area contributed by atoms with E-state index < -0.39 is 5.60 Å². The third-order valence-corrected chi connectivity index (χ3v) is 8.16. The average molecular weight is 392 g/mol. The topological polar surface area (TPSA) is 67.2 Å². The van der Waals surface area contributed by atoms with Gasteiger partial charge in [0.1, 0.15) is 5.15 Å². The molecule has 1 aromatic heterocycles. The first-order valence-corrected chi connectivity index (χ1v) is 11.2. The molecular formula is C21H30ClN3O2. The summed E-state index contributed by atoms with van der Waals surface area (Å²) >= 11 is 6.57. The Balaban J connectivity index is 1.31. The summed E-state index contributed by atoms with van der Waals surface area (Å²) in [4.78, 5) is 13.0. The van der Waals surface area contributed by atoms with Crippen molar-refractivity contribution in [2.45, 2.75) is 88.3 Å². The van der Waals surface area contributed by atoms with Crippen LogP contribution in [0, 0.1) is 17.8 Å². The van der Waals surface area contributed by atoms with E-state index in [1.54, 1.807) is 6.20 Å². The van der Waals surface area contributed by atoms with Gasteiger partial charge in [-0.15, -0.1) is 0 Å². The van der Waals surface area contributed by atoms with Gasteiger partial charge in [-0.2, -0.15) is 5.10 Å². The Kier molecular flexibility index (Phi) is 4.51. The van der Waals surface area contributed by atoms with Gasteiger partial charge in [-0.05, 0) is 69.1 Å². The summed E-state index contributed by atoms with van der Waals surface area (Å²) in [5.41, 5.74) is 0.0235. The Morgan fingerprint density at radius 1 is 1.19 bits per heavy atom. The normalized spacial score (nSPS) is 38.7. The van der Waals surface area contributed by atoms with Crippen LogP contribution in [0.25, 0.3) is 0 Å². The minimum absolute atomic E-state index is 0.0970. The molecule has 5 rings (SSSR count). The third-order valence-electron chi connectivity index (χ3n) is 7.79. The summed E-state index contributed by atoms with van der Waals surface area (Å²) < 4.78 is 1.86. The Morgan fingerprint density at radius 2 is 2.00 bits per heavy atom. The molecule has 4 aliphatic carbocycles. The fourth-order valence-corrected chi connectivity index (χ4v) is 6.94. The molecule has 0 radical (unpaired) electrons. The predicted molar refractivity (Wildman–Crippen MR) is 104 cm³/mol. The standard InChI is InChI=1S/C21H30ClN3O2/c22-19-17(12-23-25(19)15-4-2-1-3-5-15)20(26)24-18-7-6-13-8-14-10-21(27,9-13)11-16(14)18/h12-16,18,27H,1-11H2,(H,24,26)/t13?,14?,16?,18-,21-/m0/s1. The molecule has 148 valence electrons. The molecule has 3 bridgehead atoms. The predicted octanol–water partition coefficient (Wildman–Crippen LogP) is 4.10. The van der Waals surface area contributed by atoms with Gasteiger partial charge in [-0.25, -0.2) is 0 Å². The number of hydrogen-bond acceptors (Lipinski definition) is 3. The van der Waals surface area contributed by atoms with Crippen LogP contribution in [0.1, 0.15) is 87.0 Å². The van der Waals surface area contributed by atoms with E-state index in [0.29, 0.717) is 34.5 Å². The molecule has 1 heterocycles. The van der Waals surface area contributed by atoms with Gasteiger partial charge in [-0.1, -0.05) is 30.9 Å². The molecule has 4 aliphatic rings. The molecule has 5 nitrogen and oxygen atoms in total. The van der Waals surface area contributed by atoms with Gasteiger partial charge in [0.25, 0.3) is 5.91 Å². The van der Waals surface area contributed by atoms with Gasteiger partial charge in [0.05, 0.1) is 23.4 Å². The molecule has 3 unspecified atom stereocenters. The van der Waals surface area contributed by atoms with Crippen molar-refractivity contribution in [3.05, 3.63) is 16.9 Å². The van der Waals surface area contributed by atoms with Crippen molar-refractivity contribution in [2.75, 3.05) is 0 Å². The Labute approximate surface area is 165 Å². The summed E-state index contributed by atoms with van der Waals surface area (Å²) in [5, 5.41) is 19.1. The molecule has 2 N–H and O–H groups in total. The second-order valence-electron chi connectivity index (χ2n) is 9.61. The molecule has 0 aromatic carbocycles. The number of amides is 1. The molecule has 1 amide bonds. The third kappa shape index (κ3) is 3.21. The van der Waals surface area contributed by atoms with Crippen LogP contribution in [-0.2, 0) is 0 Å². The maximum Gasteiger partial charge on any atom is 0.256 e. The van der Waals surface area contributed by atoms with E-state index >= 15 is 0 Å². The van der Waals surface area contributed by atoms with E-state index in [-0.39, 0.29) is 11.9 Å². The van der Waals surface area contributed by atoms with E-state index in [0.717, 1.165) is 44.9 Å². The summed E-state index contributed by atoms with van der Waals surface area (Å²) in [6, 6.07) is 0.474. The fraction of sp³-hybridized carbons (Fsp3) is 0.810. The summed E-state index contributed by atoms with van der Waals surface area (Å²) in [6.45, 7) is 0. The molecular weight excluding hydrogens is 362 g/mol. The smallest absolute Gasteiger partial charge is 0.256 e. The van der Waals surface area contributed by atoms with Crippen LogP contribution in [0.2, 0.25) is 5.15 Å². The monoisotopic (exact) mass is 391 g/mol. The minimum atomic E-state index is -0.481. The lowest BCUT2D eigenvalue weighted by molar-refractivity contribution is -0.00594. The molecule has 0 saturated heterocycles. The van der Waals surface area contributed by atoms with Gasteiger partial charge in [-0.3, -0.25) is 9.48 Å². The fourth-order valence-electron chi connectivity index (χ4n) is 6.63. The van der Waals surface area contributed by atoms with Gasteiger partial charge < -0.3 is 10.4 Å². The lowest BCUT2D eigenvalue weighted by atomic mass is 9.77. The Bertz CT molecular complexity index is 729. The number of aliphatic hydroxyl groups is 1. The molecule has 0 aliphatic heterocycles. The van der Waals surface area contributed by atoms with Crippen LogP contribution >= 0.6 is 11.6 Å². The van der Waals surface area contributed by atoms with Crippen LogP contribution in [-0.4, -0.2) is 32.4 Å². The van der Waals surface area contributed by atoms with Crippen molar-refractivity contribution in [3.63, 3.8) is 0 Å². The van der Waals surface area contributed by atoms with Crippen LogP contribution in [0.3, 0.4) is 0 Å². The number of halogens is 1. The molecule has 4 saturated carbocycles. The number of nitrogens with one attached hydrogen (secondary N) is 1. The molecule has 6 heteroatoms. The van der Waals surface area contributed by atoms with Crippen molar-refractivity contribution < 1.29 is 9.90 Å². The summed E-state index contributed by atoms with van der Waals surface area (Å²) in [5.74, 6) is 1.49. The number of hydrogen-bond donors (Lipinski definition) is 2. The highest BCUT2D eigenvalue weighted by atomic mass is 35.5. The first-order valence-electron chi connectivity index (χ1n) is 10.8. The zero-order valence-corrected chi connectivity index (χ0v) is 16.6. The van der Waals surface area contributed by atoms with Crippen molar-refractivity contribution in [2.24, 2.45) is 17.8 Å². The zero-order chi connectivity index (χ0) is 18.6. The molecule has 1 aromatic rings. The molecule has 4 fully saturated rings. The highest BCUT2D eigenvalue weighted by Gasteiger charge is 2.53. The number of nitrogens with zero attached hydrogens (tertiary/aromatic N) is 2. The molecule has 27 heavy (non-hydrogen) atoms. The van der Waals surface area contributed by atoms with E-state index in [4.69, 9.17) is 11.6 Å². The van der Waals surface area contributed by atoms with Crippen LogP contribution in [0.5, 0.6) is 0 Å². The SMILES string of the molecule is O=C(N[C@H]1CCC2CC3C[C@@](O)(C2)CC31)c1cnn(C2CCCCC2)c1Cl. The van der Waals surface area contributed by atoms with E-state index in [1.165, 1.54) is 25.7 Å². The number of carbonyl (C=O) groups excluding carboxylic acids is 1. The number of rotatable bonds is 3. The first kappa shape index (κ1) is 18.0. The quantitative estimate of drug-likeness (QED) is 0.815. The summed E-state index contributed by atoms with van der Waals surface area (Å²) in [6.07, 6.45) is 13.6. The Hall–Kier alpha value is -1.07. The van der Waals surface area contributed by atoms with Crippen molar-refractivity contribution >= 4 is 17.5 Å². The lowest BCUT2D eigenvalue weighted by Crippen LogP contribution is -2.42. The van der Waals surface area contributed by atoms with Gasteiger partial charge in [0.2, 0.25) is 0 Å². The van der Waals surface area contributed by atoms with Gasteiger partial charge >= 0.3 is 0 Å². The second-order valence-corrected chi connectivity index (χ2v) is 9.96. The van der Waals surface area contributed by atoms with E-state index in [9.17, 15) is 9.90 Å². The van der Waals surface area contributed by atoms with Crippen molar-refractivity contribution in [3.8, 4) is 0 Å².